The lowest BCUT2D eigenvalue weighted by atomic mass is 9.91. The summed E-state index contributed by atoms with van der Waals surface area (Å²) in [6.07, 6.45) is -1.19. The van der Waals surface area contributed by atoms with Gasteiger partial charge in [0.15, 0.2) is 0 Å². The molecule has 0 saturated heterocycles. The van der Waals surface area contributed by atoms with E-state index in [4.69, 9.17) is 10.7 Å². The summed E-state index contributed by atoms with van der Waals surface area (Å²) in [7, 11) is 3.92. The van der Waals surface area contributed by atoms with E-state index in [0.717, 1.165) is 42.4 Å². The number of hydrogen-bond donors (Lipinski definition) is 3. The first-order valence-corrected chi connectivity index (χ1v) is 11.3. The molecule has 0 unspecified atom stereocenters. The zero-order valence-electron chi connectivity index (χ0n) is 20.4. The molecule has 7 nitrogen and oxygen atoms in total. The minimum Gasteiger partial charge on any atom is -0.405 e. The van der Waals surface area contributed by atoms with Crippen molar-refractivity contribution in [2.24, 2.45) is 0 Å². The summed E-state index contributed by atoms with van der Waals surface area (Å²) in [5, 5.41) is 7.83. The maximum absolute atomic E-state index is 12.7. The van der Waals surface area contributed by atoms with Crippen molar-refractivity contribution in [3.05, 3.63) is 48.0 Å². The van der Waals surface area contributed by atoms with E-state index in [2.05, 4.69) is 20.4 Å². The second-order valence-corrected chi connectivity index (χ2v) is 8.77. The van der Waals surface area contributed by atoms with Gasteiger partial charge in [-0.2, -0.15) is 4.98 Å². The third kappa shape index (κ3) is 8.84. The van der Waals surface area contributed by atoms with Gasteiger partial charge in [0, 0.05) is 55.4 Å². The first kappa shape index (κ1) is 32.6. The number of rotatable bonds is 7. The van der Waals surface area contributed by atoms with Gasteiger partial charge >= 0.3 is 6.36 Å². The van der Waals surface area contributed by atoms with Crippen LogP contribution in [0, 0.1) is 0 Å². The molecule has 0 radical (unpaired) electrons. The first-order chi connectivity index (χ1) is 16.2. The van der Waals surface area contributed by atoms with Crippen LogP contribution in [0.3, 0.4) is 0 Å². The normalized spacial score (nSPS) is 17.1. The van der Waals surface area contributed by atoms with Gasteiger partial charge < -0.3 is 26.0 Å². The Labute approximate surface area is 233 Å². The molecule has 0 spiro atoms. The summed E-state index contributed by atoms with van der Waals surface area (Å²) in [5.74, 6) is 1.21. The predicted octanol–water partition coefficient (Wildman–Crippen LogP) is 5.95. The van der Waals surface area contributed by atoms with Gasteiger partial charge in [0.25, 0.3) is 0 Å². The van der Waals surface area contributed by atoms with Gasteiger partial charge in [0.1, 0.15) is 11.6 Å². The van der Waals surface area contributed by atoms with Gasteiger partial charge in [0.05, 0.1) is 5.52 Å². The van der Waals surface area contributed by atoms with Gasteiger partial charge in [-0.25, -0.2) is 4.98 Å². The largest absolute Gasteiger partial charge is 0.573 e. The predicted molar refractivity (Wildman–Crippen MR) is 150 cm³/mol. The Morgan fingerprint density at radius 2 is 1.62 bits per heavy atom. The number of fused-ring (bicyclic) bond motifs is 1. The molecule has 206 valence electrons. The number of nitrogens with one attached hydrogen (secondary N) is 2. The lowest BCUT2D eigenvalue weighted by Crippen LogP contribution is -2.37. The summed E-state index contributed by atoms with van der Waals surface area (Å²) in [6, 6.07) is 12.7. The van der Waals surface area contributed by atoms with Crippen LogP contribution in [0.1, 0.15) is 31.2 Å². The van der Waals surface area contributed by atoms with E-state index in [1.165, 1.54) is 6.07 Å². The van der Waals surface area contributed by atoms with Crippen molar-refractivity contribution < 1.29 is 17.9 Å². The highest BCUT2D eigenvalue weighted by atomic mass is 35.5. The molecule has 13 heteroatoms. The second kappa shape index (κ2) is 13.9. The number of nitrogen functional groups attached to an aromatic ring is 1. The van der Waals surface area contributed by atoms with Crippen molar-refractivity contribution in [3.8, 4) is 5.75 Å². The summed E-state index contributed by atoms with van der Waals surface area (Å²) in [4.78, 5) is 11.4. The van der Waals surface area contributed by atoms with Gasteiger partial charge in [-0.05, 0) is 43.9 Å². The summed E-state index contributed by atoms with van der Waals surface area (Å²) in [6.45, 7) is 0.272. The number of alkyl halides is 3. The van der Waals surface area contributed by atoms with E-state index in [0.29, 0.717) is 11.5 Å². The Morgan fingerprint density at radius 3 is 2.27 bits per heavy atom. The third-order valence-corrected chi connectivity index (χ3v) is 5.97. The van der Waals surface area contributed by atoms with E-state index in [9.17, 15) is 13.2 Å². The molecular weight excluding hydrogens is 552 g/mol. The van der Waals surface area contributed by atoms with Crippen molar-refractivity contribution in [1.29, 1.82) is 0 Å². The number of benzene rings is 2. The van der Waals surface area contributed by atoms with E-state index in [1.807, 2.05) is 43.3 Å². The molecule has 4 N–H and O–H groups in total. The van der Waals surface area contributed by atoms with Gasteiger partial charge in [-0.15, -0.1) is 50.4 Å². The fourth-order valence-corrected chi connectivity index (χ4v) is 4.28. The molecule has 0 bridgehead atoms. The number of nitrogens with zero attached hydrogens (tertiary/aromatic N) is 3. The van der Waals surface area contributed by atoms with Crippen LogP contribution in [0.2, 0.25) is 0 Å². The van der Waals surface area contributed by atoms with Crippen LogP contribution in [-0.2, 0) is 6.54 Å². The van der Waals surface area contributed by atoms with Gasteiger partial charge in [-0.3, -0.25) is 0 Å². The Balaban J connectivity index is 0.00000228. The minimum absolute atomic E-state index is 0. The number of para-hydroxylation sites is 1. The fourth-order valence-electron chi connectivity index (χ4n) is 4.28. The topological polar surface area (TPSA) is 88.3 Å². The van der Waals surface area contributed by atoms with Crippen LogP contribution >= 0.6 is 37.2 Å². The third-order valence-electron chi connectivity index (χ3n) is 5.97. The van der Waals surface area contributed by atoms with Crippen molar-refractivity contribution in [2.45, 2.75) is 50.7 Å². The number of halogens is 6. The zero-order chi connectivity index (χ0) is 24.3. The Kier molecular flexibility index (Phi) is 12.3. The summed E-state index contributed by atoms with van der Waals surface area (Å²) >= 11 is 0. The number of ether oxygens (including phenoxy) is 1. The molecule has 0 aliphatic heterocycles. The number of aromatic nitrogens is 2. The Hall–Kier alpha value is -2.40. The van der Waals surface area contributed by atoms with E-state index >= 15 is 0 Å². The van der Waals surface area contributed by atoms with E-state index in [1.54, 1.807) is 12.1 Å². The van der Waals surface area contributed by atoms with Crippen molar-refractivity contribution in [3.63, 3.8) is 0 Å². The number of nitrogens with two attached hydrogens (primary N) is 1. The van der Waals surface area contributed by atoms with Crippen molar-refractivity contribution >= 4 is 65.6 Å². The fraction of sp³-hybridized carbons (Fsp3) is 0.417. The molecular formula is C24H32Cl3F3N6O. The molecule has 0 amide bonds. The molecule has 1 fully saturated rings. The zero-order valence-corrected chi connectivity index (χ0v) is 22.9. The number of anilines is 3. The van der Waals surface area contributed by atoms with Crippen LogP contribution in [-0.4, -0.2) is 42.5 Å². The monoisotopic (exact) mass is 582 g/mol. The summed E-state index contributed by atoms with van der Waals surface area (Å²) in [5.41, 5.74) is 7.17. The molecule has 1 aromatic heterocycles. The van der Waals surface area contributed by atoms with Crippen LogP contribution in [0.5, 0.6) is 5.75 Å². The SMILES string of the molecule is CN(C)c1nc(NC2CCC(NCc3ccc(N)cc3OC(F)(F)F)CC2)nc2ccccc12.Cl.Cl.Cl. The van der Waals surface area contributed by atoms with Crippen molar-refractivity contribution in [1.82, 2.24) is 15.3 Å². The van der Waals surface area contributed by atoms with E-state index < -0.39 is 6.36 Å². The quantitative estimate of drug-likeness (QED) is 0.296. The maximum atomic E-state index is 12.7. The average molecular weight is 584 g/mol. The van der Waals surface area contributed by atoms with Gasteiger partial charge in [0.2, 0.25) is 5.95 Å². The molecule has 1 heterocycles. The second-order valence-electron chi connectivity index (χ2n) is 8.77. The molecule has 1 aliphatic carbocycles. The smallest absolute Gasteiger partial charge is 0.405 e. The Bertz CT molecular complexity index is 1140. The maximum Gasteiger partial charge on any atom is 0.573 e. The molecule has 1 saturated carbocycles. The average Bonchev–Trinajstić information content (AvgIpc) is 2.78. The highest BCUT2D eigenvalue weighted by Gasteiger charge is 2.32. The molecule has 1 aliphatic rings. The first-order valence-electron chi connectivity index (χ1n) is 11.3. The van der Waals surface area contributed by atoms with Crippen molar-refractivity contribution in [2.75, 3.05) is 30.0 Å². The highest BCUT2D eigenvalue weighted by Crippen LogP contribution is 2.30. The van der Waals surface area contributed by atoms with E-state index in [-0.39, 0.29) is 67.3 Å². The van der Waals surface area contributed by atoms with Gasteiger partial charge in [-0.1, -0.05) is 18.2 Å². The molecule has 3 aromatic rings. The van der Waals surface area contributed by atoms with Crippen LogP contribution < -0.4 is 26.0 Å². The highest BCUT2D eigenvalue weighted by molar-refractivity contribution is 5.90. The Morgan fingerprint density at radius 1 is 0.973 bits per heavy atom. The standard InChI is InChI=1S/C24H29F3N6O.3ClH/c1-33(2)22-19-5-3-4-6-20(19)31-23(32-22)30-18-11-9-17(10-12-18)29-14-15-7-8-16(28)13-21(15)34-24(25,26)27;;;/h3-8,13,17-18,29H,9-12,14,28H2,1-2H3,(H,30,31,32);3*1H. The molecule has 4 rings (SSSR count). The summed E-state index contributed by atoms with van der Waals surface area (Å²) < 4.78 is 42.3. The molecule has 0 atom stereocenters. The van der Waals surface area contributed by atoms with Crippen LogP contribution in [0.4, 0.5) is 30.6 Å². The molecule has 2 aromatic carbocycles. The minimum atomic E-state index is -4.76. The van der Waals surface area contributed by atoms with Crippen LogP contribution in [0.15, 0.2) is 42.5 Å². The number of hydrogen-bond acceptors (Lipinski definition) is 7. The van der Waals surface area contributed by atoms with Crippen LogP contribution in [0.25, 0.3) is 10.9 Å². The lowest BCUT2D eigenvalue weighted by molar-refractivity contribution is -0.274. The lowest BCUT2D eigenvalue weighted by Gasteiger charge is -2.30. The molecule has 37 heavy (non-hydrogen) atoms.